The molecule has 0 aromatic rings. The highest BCUT2D eigenvalue weighted by atomic mass is 15.2. The molecule has 0 aliphatic carbocycles. The summed E-state index contributed by atoms with van der Waals surface area (Å²) in [6, 6.07) is 0. The number of piperidine rings is 2. The molecule has 0 bridgehead atoms. The first-order valence-corrected chi connectivity index (χ1v) is 6.39. The summed E-state index contributed by atoms with van der Waals surface area (Å²) in [5.74, 6) is 0.763. The van der Waals surface area contributed by atoms with E-state index in [1.54, 1.807) is 0 Å². The van der Waals surface area contributed by atoms with Crippen LogP contribution < -0.4 is 0 Å². The molecule has 0 N–H and O–H groups in total. The molecule has 0 unspecified atom stereocenters. The smallest absolute Gasteiger partial charge is 0.0174 e. The number of hydrogen-bond acceptors (Lipinski definition) is 2. The van der Waals surface area contributed by atoms with Crippen LogP contribution in [0.3, 0.4) is 0 Å². The fourth-order valence-electron chi connectivity index (χ4n) is 2.78. The summed E-state index contributed by atoms with van der Waals surface area (Å²) in [6.45, 7) is 9.34. The Morgan fingerprint density at radius 3 is 2.20 bits per heavy atom. The van der Waals surface area contributed by atoms with Crippen molar-refractivity contribution in [1.82, 2.24) is 9.80 Å². The van der Waals surface area contributed by atoms with Gasteiger partial charge in [-0.2, -0.15) is 0 Å². The maximum absolute atomic E-state index is 4.33. The summed E-state index contributed by atoms with van der Waals surface area (Å²) in [5.41, 5.74) is 1.43. The first-order valence-electron chi connectivity index (χ1n) is 6.39. The minimum atomic E-state index is 0.763. The number of likely N-dealkylation sites (tertiary alicyclic amines) is 2. The van der Waals surface area contributed by atoms with Crippen molar-refractivity contribution in [3.63, 3.8) is 0 Å². The quantitative estimate of drug-likeness (QED) is 0.687. The maximum Gasteiger partial charge on any atom is 0.0174 e. The van der Waals surface area contributed by atoms with E-state index < -0.39 is 0 Å². The molecular formula is C13H24N2. The third-order valence-corrected chi connectivity index (χ3v) is 3.95. The molecule has 0 aromatic heterocycles. The second kappa shape index (κ2) is 5.02. The molecule has 0 radical (unpaired) electrons. The first-order chi connectivity index (χ1) is 7.27. The van der Waals surface area contributed by atoms with Gasteiger partial charge in [0.05, 0.1) is 0 Å². The molecule has 2 heteroatoms. The highest BCUT2D eigenvalue weighted by Crippen LogP contribution is 2.27. The fraction of sp³-hybridized carbons (Fsp3) is 0.846. The van der Waals surface area contributed by atoms with Gasteiger partial charge < -0.3 is 9.80 Å². The molecule has 2 rings (SSSR count). The molecule has 0 aromatic carbocycles. The van der Waals surface area contributed by atoms with E-state index in [2.05, 4.69) is 23.4 Å². The molecule has 86 valence electrons. The van der Waals surface area contributed by atoms with Gasteiger partial charge in [-0.15, -0.1) is 0 Å². The predicted molar refractivity (Wildman–Crippen MR) is 64.8 cm³/mol. The molecule has 0 atom stereocenters. The van der Waals surface area contributed by atoms with E-state index in [1.165, 1.54) is 64.0 Å². The van der Waals surface area contributed by atoms with E-state index in [0.717, 1.165) is 5.92 Å². The van der Waals surface area contributed by atoms with Crippen molar-refractivity contribution in [3.8, 4) is 0 Å². The van der Waals surface area contributed by atoms with Crippen LogP contribution in [0.2, 0.25) is 0 Å². The second-order valence-electron chi connectivity index (χ2n) is 5.12. The van der Waals surface area contributed by atoms with Gasteiger partial charge in [-0.25, -0.2) is 0 Å². The van der Waals surface area contributed by atoms with Crippen LogP contribution in [0.25, 0.3) is 0 Å². The zero-order valence-corrected chi connectivity index (χ0v) is 10.0. The molecular weight excluding hydrogens is 184 g/mol. The van der Waals surface area contributed by atoms with Crippen LogP contribution in [-0.2, 0) is 0 Å². The minimum absolute atomic E-state index is 0.763. The van der Waals surface area contributed by atoms with Crippen molar-refractivity contribution < 1.29 is 0 Å². The Morgan fingerprint density at radius 2 is 1.60 bits per heavy atom. The standard InChI is InChI=1S/C13H24N2/c1-12(15-8-4-3-5-9-15)13-6-10-14(2)11-7-13/h13H,1,3-11H2,2H3. The van der Waals surface area contributed by atoms with Gasteiger partial charge in [-0.3, -0.25) is 0 Å². The van der Waals surface area contributed by atoms with Crippen molar-refractivity contribution in [3.05, 3.63) is 12.3 Å². The number of nitrogens with zero attached hydrogens (tertiary/aromatic N) is 2. The largest absolute Gasteiger partial charge is 0.375 e. The number of rotatable bonds is 2. The van der Waals surface area contributed by atoms with Crippen LogP contribution in [0.4, 0.5) is 0 Å². The monoisotopic (exact) mass is 208 g/mol. The Labute approximate surface area is 93.9 Å². The lowest BCUT2D eigenvalue weighted by molar-refractivity contribution is 0.191. The third kappa shape index (κ3) is 2.75. The van der Waals surface area contributed by atoms with Gasteiger partial charge in [-0.1, -0.05) is 6.58 Å². The lowest BCUT2D eigenvalue weighted by atomic mass is 9.92. The number of allylic oxidation sites excluding steroid dienone is 1. The van der Waals surface area contributed by atoms with Crippen LogP contribution in [0.15, 0.2) is 12.3 Å². The molecule has 0 spiro atoms. The molecule has 0 amide bonds. The van der Waals surface area contributed by atoms with Crippen LogP contribution in [-0.4, -0.2) is 43.0 Å². The SMILES string of the molecule is C=C(C1CCN(C)CC1)N1CCCCC1. The Kier molecular flexibility index (Phi) is 3.68. The van der Waals surface area contributed by atoms with Crippen molar-refractivity contribution in [2.75, 3.05) is 33.2 Å². The van der Waals surface area contributed by atoms with E-state index in [4.69, 9.17) is 0 Å². The molecule has 2 heterocycles. The lowest BCUT2D eigenvalue weighted by Gasteiger charge is -2.37. The van der Waals surface area contributed by atoms with Gasteiger partial charge in [0.15, 0.2) is 0 Å². The second-order valence-corrected chi connectivity index (χ2v) is 5.12. The van der Waals surface area contributed by atoms with E-state index in [9.17, 15) is 0 Å². The normalized spacial score (nSPS) is 25.5. The van der Waals surface area contributed by atoms with Crippen LogP contribution >= 0.6 is 0 Å². The third-order valence-electron chi connectivity index (χ3n) is 3.95. The van der Waals surface area contributed by atoms with Crippen molar-refractivity contribution >= 4 is 0 Å². The van der Waals surface area contributed by atoms with Crippen LogP contribution in [0.1, 0.15) is 32.1 Å². The molecule has 2 saturated heterocycles. The Balaban J connectivity index is 1.84. The zero-order valence-electron chi connectivity index (χ0n) is 10.0. The summed E-state index contributed by atoms with van der Waals surface area (Å²) < 4.78 is 0. The van der Waals surface area contributed by atoms with Crippen molar-refractivity contribution in [2.24, 2.45) is 5.92 Å². The average molecular weight is 208 g/mol. The summed E-state index contributed by atoms with van der Waals surface area (Å²) in [5, 5.41) is 0. The number of hydrogen-bond donors (Lipinski definition) is 0. The molecule has 15 heavy (non-hydrogen) atoms. The van der Waals surface area contributed by atoms with Gasteiger partial charge in [0, 0.05) is 24.7 Å². The van der Waals surface area contributed by atoms with E-state index in [1.807, 2.05) is 0 Å². The molecule has 2 fully saturated rings. The van der Waals surface area contributed by atoms with E-state index in [-0.39, 0.29) is 0 Å². The van der Waals surface area contributed by atoms with Gasteiger partial charge in [0.1, 0.15) is 0 Å². The summed E-state index contributed by atoms with van der Waals surface area (Å²) in [7, 11) is 2.22. The highest BCUT2D eigenvalue weighted by molar-refractivity contribution is 5.02. The summed E-state index contributed by atoms with van der Waals surface area (Å²) >= 11 is 0. The average Bonchev–Trinajstić information content (AvgIpc) is 2.30. The zero-order chi connectivity index (χ0) is 10.7. The highest BCUT2D eigenvalue weighted by Gasteiger charge is 2.23. The van der Waals surface area contributed by atoms with Gasteiger partial charge >= 0.3 is 0 Å². The van der Waals surface area contributed by atoms with E-state index in [0.29, 0.717) is 0 Å². The Hall–Kier alpha value is -0.500. The van der Waals surface area contributed by atoms with Crippen LogP contribution in [0.5, 0.6) is 0 Å². The first kappa shape index (κ1) is 11.0. The van der Waals surface area contributed by atoms with Crippen molar-refractivity contribution in [1.29, 1.82) is 0 Å². The van der Waals surface area contributed by atoms with Gasteiger partial charge in [0.25, 0.3) is 0 Å². The maximum atomic E-state index is 4.33. The van der Waals surface area contributed by atoms with Crippen LogP contribution in [0, 0.1) is 5.92 Å². The molecule has 2 aliphatic heterocycles. The van der Waals surface area contributed by atoms with Gasteiger partial charge in [-0.05, 0) is 52.2 Å². The Bertz CT molecular complexity index is 211. The summed E-state index contributed by atoms with van der Waals surface area (Å²) in [4.78, 5) is 4.97. The van der Waals surface area contributed by atoms with Crippen molar-refractivity contribution in [2.45, 2.75) is 32.1 Å². The predicted octanol–water partition coefficient (Wildman–Crippen LogP) is 2.33. The topological polar surface area (TPSA) is 6.48 Å². The Morgan fingerprint density at radius 1 is 1.00 bits per heavy atom. The van der Waals surface area contributed by atoms with E-state index >= 15 is 0 Å². The lowest BCUT2D eigenvalue weighted by Crippen LogP contribution is -2.37. The van der Waals surface area contributed by atoms with Gasteiger partial charge in [0.2, 0.25) is 0 Å². The molecule has 2 nitrogen and oxygen atoms in total. The molecule has 0 saturated carbocycles. The summed E-state index contributed by atoms with van der Waals surface area (Å²) in [6.07, 6.45) is 6.77. The molecule has 2 aliphatic rings. The fourth-order valence-corrected chi connectivity index (χ4v) is 2.78. The minimum Gasteiger partial charge on any atom is -0.375 e.